The maximum atomic E-state index is 12.9. The van der Waals surface area contributed by atoms with E-state index in [0.717, 1.165) is 30.9 Å². The zero-order chi connectivity index (χ0) is 21.3. The molecule has 4 rings (SSSR count). The monoisotopic (exact) mass is 417 g/mol. The molecule has 0 radical (unpaired) electrons. The Bertz CT molecular complexity index is 958. The number of para-hydroxylation sites is 1. The molecule has 0 atom stereocenters. The quantitative estimate of drug-likeness (QED) is 0.562. The molecule has 2 heterocycles. The van der Waals surface area contributed by atoms with Crippen LogP contribution in [0.25, 0.3) is 0 Å². The first-order valence-corrected chi connectivity index (χ1v) is 10.6. The van der Waals surface area contributed by atoms with Gasteiger partial charge in [-0.05, 0) is 23.8 Å². The van der Waals surface area contributed by atoms with Crippen molar-refractivity contribution in [1.82, 2.24) is 14.8 Å². The van der Waals surface area contributed by atoms with Gasteiger partial charge in [0.2, 0.25) is 5.88 Å². The van der Waals surface area contributed by atoms with Gasteiger partial charge in [0.05, 0.1) is 0 Å². The summed E-state index contributed by atoms with van der Waals surface area (Å²) in [5.41, 5.74) is 1.67. The number of rotatable bonds is 8. The van der Waals surface area contributed by atoms with Gasteiger partial charge in [0.25, 0.3) is 5.91 Å². The second kappa shape index (κ2) is 10.6. The summed E-state index contributed by atoms with van der Waals surface area (Å²) in [6.45, 7) is 5.00. The van der Waals surface area contributed by atoms with E-state index in [1.807, 2.05) is 65.6 Å². The Morgan fingerprint density at radius 2 is 1.58 bits per heavy atom. The number of ether oxygens (including phenoxy) is 2. The Labute approximate surface area is 183 Å². The van der Waals surface area contributed by atoms with Gasteiger partial charge in [-0.15, -0.1) is 0 Å². The van der Waals surface area contributed by atoms with Gasteiger partial charge in [-0.1, -0.05) is 48.5 Å². The van der Waals surface area contributed by atoms with Gasteiger partial charge in [-0.3, -0.25) is 9.69 Å². The number of hydrogen-bond donors (Lipinski definition) is 0. The first kappa shape index (κ1) is 20.9. The van der Waals surface area contributed by atoms with Gasteiger partial charge in [-0.2, -0.15) is 0 Å². The molecule has 3 aromatic rings. The lowest BCUT2D eigenvalue weighted by Gasteiger charge is -2.34. The SMILES string of the molecule is O=C(c1ccnc(OCc2ccccc2)c1)N1CCN(CCOc2ccccc2)CC1. The van der Waals surface area contributed by atoms with Crippen LogP contribution in [0.3, 0.4) is 0 Å². The summed E-state index contributed by atoms with van der Waals surface area (Å²) in [7, 11) is 0. The maximum Gasteiger partial charge on any atom is 0.254 e. The molecule has 0 N–H and O–H groups in total. The number of hydrogen-bond acceptors (Lipinski definition) is 5. The molecule has 6 heteroatoms. The molecule has 31 heavy (non-hydrogen) atoms. The van der Waals surface area contributed by atoms with Crippen molar-refractivity contribution in [3.8, 4) is 11.6 Å². The van der Waals surface area contributed by atoms with Crippen molar-refractivity contribution >= 4 is 5.91 Å². The highest BCUT2D eigenvalue weighted by molar-refractivity contribution is 5.94. The van der Waals surface area contributed by atoms with Crippen LogP contribution in [0.5, 0.6) is 11.6 Å². The third kappa shape index (κ3) is 6.06. The minimum absolute atomic E-state index is 0.0205. The Kier molecular flexibility index (Phi) is 7.13. The van der Waals surface area contributed by atoms with E-state index in [-0.39, 0.29) is 5.91 Å². The molecule has 1 aliphatic heterocycles. The lowest BCUT2D eigenvalue weighted by molar-refractivity contribution is 0.0619. The van der Waals surface area contributed by atoms with Crippen molar-refractivity contribution in [3.63, 3.8) is 0 Å². The number of pyridine rings is 1. The second-order valence-corrected chi connectivity index (χ2v) is 7.45. The first-order chi connectivity index (χ1) is 15.3. The predicted molar refractivity (Wildman–Crippen MR) is 119 cm³/mol. The van der Waals surface area contributed by atoms with Crippen LogP contribution in [0.2, 0.25) is 0 Å². The summed E-state index contributed by atoms with van der Waals surface area (Å²) in [6.07, 6.45) is 1.63. The molecule has 1 amide bonds. The highest BCUT2D eigenvalue weighted by Gasteiger charge is 2.22. The molecular formula is C25H27N3O3. The summed E-state index contributed by atoms with van der Waals surface area (Å²) < 4.78 is 11.5. The number of carbonyl (C=O) groups excluding carboxylic acids is 1. The number of nitrogens with zero attached hydrogens (tertiary/aromatic N) is 3. The Hall–Kier alpha value is -3.38. The number of aromatic nitrogens is 1. The fourth-order valence-electron chi connectivity index (χ4n) is 3.52. The zero-order valence-electron chi connectivity index (χ0n) is 17.5. The highest BCUT2D eigenvalue weighted by atomic mass is 16.5. The number of benzene rings is 2. The number of piperazine rings is 1. The maximum absolute atomic E-state index is 12.9. The molecule has 0 spiro atoms. The normalized spacial score (nSPS) is 14.3. The summed E-state index contributed by atoms with van der Waals surface area (Å²) >= 11 is 0. The van der Waals surface area contributed by atoms with Gasteiger partial charge in [-0.25, -0.2) is 4.98 Å². The lowest BCUT2D eigenvalue weighted by atomic mass is 10.2. The molecule has 0 bridgehead atoms. The molecular weight excluding hydrogens is 390 g/mol. The molecule has 160 valence electrons. The van der Waals surface area contributed by atoms with Gasteiger partial charge in [0.1, 0.15) is 19.0 Å². The van der Waals surface area contributed by atoms with E-state index in [1.54, 1.807) is 18.3 Å². The van der Waals surface area contributed by atoms with Crippen LogP contribution in [0.15, 0.2) is 79.0 Å². The first-order valence-electron chi connectivity index (χ1n) is 10.6. The summed E-state index contributed by atoms with van der Waals surface area (Å²) in [4.78, 5) is 21.4. The molecule has 2 aromatic carbocycles. The van der Waals surface area contributed by atoms with E-state index < -0.39 is 0 Å². The van der Waals surface area contributed by atoms with Crippen molar-refractivity contribution in [1.29, 1.82) is 0 Å². The van der Waals surface area contributed by atoms with Gasteiger partial charge in [0, 0.05) is 50.6 Å². The smallest absolute Gasteiger partial charge is 0.254 e. The van der Waals surface area contributed by atoms with Gasteiger partial charge in [0.15, 0.2) is 0 Å². The van der Waals surface area contributed by atoms with E-state index in [9.17, 15) is 4.79 Å². The van der Waals surface area contributed by atoms with E-state index >= 15 is 0 Å². The number of carbonyl (C=O) groups is 1. The fourth-order valence-corrected chi connectivity index (χ4v) is 3.52. The molecule has 1 aromatic heterocycles. The van der Waals surface area contributed by atoms with Crippen LogP contribution in [0, 0.1) is 0 Å². The molecule has 0 saturated carbocycles. The Morgan fingerprint density at radius 3 is 2.32 bits per heavy atom. The summed E-state index contributed by atoms with van der Waals surface area (Å²) in [5, 5.41) is 0. The third-order valence-electron chi connectivity index (χ3n) is 5.29. The van der Waals surface area contributed by atoms with E-state index in [2.05, 4.69) is 9.88 Å². The zero-order valence-corrected chi connectivity index (χ0v) is 17.5. The van der Waals surface area contributed by atoms with E-state index in [4.69, 9.17) is 9.47 Å². The van der Waals surface area contributed by atoms with E-state index in [1.165, 1.54) is 0 Å². The largest absolute Gasteiger partial charge is 0.492 e. The topological polar surface area (TPSA) is 54.9 Å². The minimum atomic E-state index is 0.0205. The summed E-state index contributed by atoms with van der Waals surface area (Å²) in [5.74, 6) is 1.37. The standard InChI is InChI=1S/C25H27N3O3/c29-25(22-11-12-26-24(19-22)31-20-21-7-3-1-4-8-21)28-15-13-27(14-16-28)17-18-30-23-9-5-2-6-10-23/h1-12,19H,13-18,20H2. The van der Waals surface area contributed by atoms with Crippen molar-refractivity contribution in [3.05, 3.63) is 90.1 Å². The fraction of sp³-hybridized carbons (Fsp3) is 0.280. The van der Waals surface area contributed by atoms with Crippen LogP contribution in [-0.4, -0.2) is 60.0 Å². The molecule has 1 aliphatic rings. The average molecular weight is 418 g/mol. The molecule has 6 nitrogen and oxygen atoms in total. The lowest BCUT2D eigenvalue weighted by Crippen LogP contribution is -2.49. The van der Waals surface area contributed by atoms with Crippen LogP contribution < -0.4 is 9.47 Å². The van der Waals surface area contributed by atoms with Crippen molar-refractivity contribution in [2.24, 2.45) is 0 Å². The van der Waals surface area contributed by atoms with Crippen molar-refractivity contribution in [2.75, 3.05) is 39.3 Å². The molecule has 1 fully saturated rings. The average Bonchev–Trinajstić information content (AvgIpc) is 2.84. The molecule has 0 aliphatic carbocycles. The van der Waals surface area contributed by atoms with Crippen LogP contribution >= 0.6 is 0 Å². The Balaban J connectivity index is 1.23. The Morgan fingerprint density at radius 1 is 0.871 bits per heavy atom. The third-order valence-corrected chi connectivity index (χ3v) is 5.29. The number of amides is 1. The summed E-state index contributed by atoms with van der Waals surface area (Å²) in [6, 6.07) is 23.2. The van der Waals surface area contributed by atoms with Gasteiger partial charge >= 0.3 is 0 Å². The highest BCUT2D eigenvalue weighted by Crippen LogP contribution is 2.15. The van der Waals surface area contributed by atoms with Crippen molar-refractivity contribution < 1.29 is 14.3 Å². The van der Waals surface area contributed by atoms with Crippen LogP contribution in [-0.2, 0) is 6.61 Å². The predicted octanol–water partition coefficient (Wildman–Crippen LogP) is 3.50. The van der Waals surface area contributed by atoms with Crippen LogP contribution in [0.1, 0.15) is 15.9 Å². The second-order valence-electron chi connectivity index (χ2n) is 7.45. The van der Waals surface area contributed by atoms with Crippen LogP contribution in [0.4, 0.5) is 0 Å². The molecule has 0 unspecified atom stereocenters. The minimum Gasteiger partial charge on any atom is -0.492 e. The van der Waals surface area contributed by atoms with Gasteiger partial charge < -0.3 is 14.4 Å². The van der Waals surface area contributed by atoms with E-state index in [0.29, 0.717) is 37.7 Å². The van der Waals surface area contributed by atoms with Crippen molar-refractivity contribution in [2.45, 2.75) is 6.61 Å². The molecule has 1 saturated heterocycles.